The number of hydrogen-bond acceptors (Lipinski definition) is 3. The molecule has 2 rings (SSSR count). The van der Waals surface area contributed by atoms with Crippen LogP contribution in [-0.4, -0.2) is 28.8 Å². The average molecular weight is 339 g/mol. The third-order valence-corrected chi connectivity index (χ3v) is 3.19. The zero-order valence-corrected chi connectivity index (χ0v) is 12.5. The molecule has 0 aliphatic heterocycles. The number of aromatic nitrogens is 1. The SMILES string of the molecule is O=C(Nc1ccc(C(F)(F)F)nc1)N[C@H](CO)Cc1ccccc1. The molecule has 1 heterocycles. The van der Waals surface area contributed by atoms with Crippen molar-refractivity contribution in [2.24, 2.45) is 0 Å². The van der Waals surface area contributed by atoms with E-state index < -0.39 is 23.9 Å². The van der Waals surface area contributed by atoms with Crippen molar-refractivity contribution in [2.75, 3.05) is 11.9 Å². The second kappa shape index (κ2) is 7.78. The van der Waals surface area contributed by atoms with Gasteiger partial charge < -0.3 is 15.7 Å². The van der Waals surface area contributed by atoms with Gasteiger partial charge in [-0.1, -0.05) is 30.3 Å². The molecule has 1 aromatic heterocycles. The van der Waals surface area contributed by atoms with Gasteiger partial charge in [-0.15, -0.1) is 0 Å². The van der Waals surface area contributed by atoms with E-state index in [-0.39, 0.29) is 12.3 Å². The molecule has 2 amide bonds. The Bertz CT molecular complexity index is 661. The van der Waals surface area contributed by atoms with Crippen molar-refractivity contribution in [3.8, 4) is 0 Å². The molecule has 0 radical (unpaired) electrons. The Hall–Kier alpha value is -2.61. The fourth-order valence-corrected chi connectivity index (χ4v) is 2.05. The molecule has 0 aliphatic carbocycles. The summed E-state index contributed by atoms with van der Waals surface area (Å²) in [5.74, 6) is 0. The molecule has 0 aliphatic rings. The lowest BCUT2D eigenvalue weighted by molar-refractivity contribution is -0.141. The molecule has 128 valence electrons. The first-order chi connectivity index (χ1) is 11.4. The number of aliphatic hydroxyl groups excluding tert-OH is 1. The number of benzene rings is 1. The maximum Gasteiger partial charge on any atom is 0.433 e. The van der Waals surface area contributed by atoms with Crippen LogP contribution < -0.4 is 10.6 Å². The fraction of sp³-hybridized carbons (Fsp3) is 0.250. The van der Waals surface area contributed by atoms with Gasteiger partial charge in [0.1, 0.15) is 5.69 Å². The maximum atomic E-state index is 12.4. The summed E-state index contributed by atoms with van der Waals surface area (Å²) in [6, 6.07) is 10.0. The first-order valence-electron chi connectivity index (χ1n) is 7.14. The zero-order chi connectivity index (χ0) is 17.6. The van der Waals surface area contributed by atoms with Crippen molar-refractivity contribution < 1.29 is 23.1 Å². The number of amides is 2. The third-order valence-electron chi connectivity index (χ3n) is 3.19. The standard InChI is InChI=1S/C16H16F3N3O2/c17-16(18,19)14-7-6-12(9-20-14)21-15(24)22-13(10-23)8-11-4-2-1-3-5-11/h1-7,9,13,23H,8,10H2,(H2,21,22,24)/t13-/m0/s1. The highest BCUT2D eigenvalue weighted by molar-refractivity contribution is 5.89. The molecule has 1 atom stereocenters. The van der Waals surface area contributed by atoms with E-state index in [9.17, 15) is 23.1 Å². The average Bonchev–Trinajstić information content (AvgIpc) is 2.54. The summed E-state index contributed by atoms with van der Waals surface area (Å²) in [6.07, 6.45) is -3.18. The van der Waals surface area contributed by atoms with Crippen LogP contribution in [0.3, 0.4) is 0 Å². The Morgan fingerprint density at radius 3 is 2.42 bits per heavy atom. The number of urea groups is 1. The van der Waals surface area contributed by atoms with Crippen LogP contribution in [0.4, 0.5) is 23.7 Å². The number of hydrogen-bond donors (Lipinski definition) is 3. The number of alkyl halides is 3. The lowest BCUT2D eigenvalue weighted by Crippen LogP contribution is -2.41. The number of nitrogens with zero attached hydrogens (tertiary/aromatic N) is 1. The lowest BCUT2D eigenvalue weighted by atomic mass is 10.1. The Balaban J connectivity index is 1.91. The molecular weight excluding hydrogens is 323 g/mol. The number of anilines is 1. The summed E-state index contributed by atoms with van der Waals surface area (Å²) in [4.78, 5) is 15.1. The molecule has 0 fully saturated rings. The van der Waals surface area contributed by atoms with E-state index in [4.69, 9.17) is 0 Å². The second-order valence-electron chi connectivity index (χ2n) is 5.10. The van der Waals surface area contributed by atoms with Gasteiger partial charge in [0.2, 0.25) is 0 Å². The topological polar surface area (TPSA) is 74.2 Å². The predicted molar refractivity (Wildman–Crippen MR) is 82.4 cm³/mol. The molecule has 0 unspecified atom stereocenters. The number of rotatable bonds is 5. The van der Waals surface area contributed by atoms with E-state index in [1.54, 1.807) is 0 Å². The van der Waals surface area contributed by atoms with Gasteiger partial charge in [0, 0.05) is 0 Å². The number of halogens is 3. The molecule has 0 saturated carbocycles. The van der Waals surface area contributed by atoms with Crippen molar-refractivity contribution in [1.29, 1.82) is 0 Å². The van der Waals surface area contributed by atoms with Gasteiger partial charge in [0.15, 0.2) is 0 Å². The lowest BCUT2D eigenvalue weighted by Gasteiger charge is -2.17. The molecule has 2 aromatic rings. The van der Waals surface area contributed by atoms with Crippen LogP contribution >= 0.6 is 0 Å². The largest absolute Gasteiger partial charge is 0.433 e. The highest BCUT2D eigenvalue weighted by Gasteiger charge is 2.32. The fourth-order valence-electron chi connectivity index (χ4n) is 2.05. The van der Waals surface area contributed by atoms with Crippen molar-refractivity contribution in [2.45, 2.75) is 18.6 Å². The van der Waals surface area contributed by atoms with Crippen molar-refractivity contribution in [1.82, 2.24) is 10.3 Å². The number of pyridine rings is 1. The first-order valence-corrected chi connectivity index (χ1v) is 7.14. The van der Waals surface area contributed by atoms with Gasteiger partial charge in [0.25, 0.3) is 0 Å². The van der Waals surface area contributed by atoms with E-state index in [2.05, 4.69) is 15.6 Å². The molecule has 0 bridgehead atoms. The number of nitrogens with one attached hydrogen (secondary N) is 2. The molecule has 0 saturated heterocycles. The highest BCUT2D eigenvalue weighted by Crippen LogP contribution is 2.27. The Morgan fingerprint density at radius 1 is 1.17 bits per heavy atom. The summed E-state index contributed by atoms with van der Waals surface area (Å²) in [6.45, 7) is -0.270. The van der Waals surface area contributed by atoms with Gasteiger partial charge in [-0.25, -0.2) is 9.78 Å². The van der Waals surface area contributed by atoms with Crippen LogP contribution in [0.5, 0.6) is 0 Å². The molecule has 8 heteroatoms. The Morgan fingerprint density at radius 2 is 1.88 bits per heavy atom. The third kappa shape index (κ3) is 5.24. The molecule has 5 nitrogen and oxygen atoms in total. The molecule has 3 N–H and O–H groups in total. The summed E-state index contributed by atoms with van der Waals surface area (Å²) in [7, 11) is 0. The number of carbonyl (C=O) groups is 1. The van der Waals surface area contributed by atoms with E-state index in [0.717, 1.165) is 23.9 Å². The van der Waals surface area contributed by atoms with Gasteiger partial charge in [-0.2, -0.15) is 13.2 Å². The van der Waals surface area contributed by atoms with Crippen LogP contribution in [-0.2, 0) is 12.6 Å². The summed E-state index contributed by atoms with van der Waals surface area (Å²) < 4.78 is 37.3. The van der Waals surface area contributed by atoms with Gasteiger partial charge >= 0.3 is 12.2 Å². The molecular formula is C16H16F3N3O2. The van der Waals surface area contributed by atoms with E-state index in [0.29, 0.717) is 6.42 Å². The van der Waals surface area contributed by atoms with Crippen LogP contribution in [0.2, 0.25) is 0 Å². The molecule has 1 aromatic carbocycles. The van der Waals surface area contributed by atoms with E-state index in [1.165, 1.54) is 0 Å². The van der Waals surface area contributed by atoms with E-state index in [1.807, 2.05) is 30.3 Å². The second-order valence-corrected chi connectivity index (χ2v) is 5.10. The van der Waals surface area contributed by atoms with Crippen LogP contribution in [0.25, 0.3) is 0 Å². The normalized spacial score (nSPS) is 12.5. The van der Waals surface area contributed by atoms with Crippen molar-refractivity contribution in [3.63, 3.8) is 0 Å². The monoisotopic (exact) mass is 339 g/mol. The van der Waals surface area contributed by atoms with Gasteiger partial charge in [0.05, 0.1) is 24.5 Å². The summed E-state index contributed by atoms with van der Waals surface area (Å²) in [5, 5.41) is 14.3. The van der Waals surface area contributed by atoms with Gasteiger partial charge in [-0.3, -0.25) is 0 Å². The minimum Gasteiger partial charge on any atom is -0.394 e. The summed E-state index contributed by atoms with van der Waals surface area (Å²) >= 11 is 0. The van der Waals surface area contributed by atoms with Crippen molar-refractivity contribution >= 4 is 11.7 Å². The smallest absolute Gasteiger partial charge is 0.394 e. The van der Waals surface area contributed by atoms with Crippen LogP contribution in [0.1, 0.15) is 11.3 Å². The maximum absolute atomic E-state index is 12.4. The van der Waals surface area contributed by atoms with Crippen molar-refractivity contribution in [3.05, 3.63) is 59.9 Å². The quantitative estimate of drug-likeness (QED) is 0.784. The number of carbonyl (C=O) groups excluding carboxylic acids is 1. The Labute approximate surface area is 136 Å². The highest BCUT2D eigenvalue weighted by atomic mass is 19.4. The molecule has 0 spiro atoms. The van der Waals surface area contributed by atoms with Gasteiger partial charge in [-0.05, 0) is 24.1 Å². The van der Waals surface area contributed by atoms with Crippen LogP contribution in [0.15, 0.2) is 48.7 Å². The first kappa shape index (κ1) is 17.7. The predicted octanol–water partition coefficient (Wildman–Crippen LogP) is 2.83. The summed E-state index contributed by atoms with van der Waals surface area (Å²) in [5.41, 5.74) is 0.0238. The molecule has 24 heavy (non-hydrogen) atoms. The van der Waals surface area contributed by atoms with Crippen LogP contribution in [0, 0.1) is 0 Å². The zero-order valence-electron chi connectivity index (χ0n) is 12.5. The Kier molecular flexibility index (Phi) is 5.75. The minimum absolute atomic E-state index is 0.122. The minimum atomic E-state index is -4.53. The number of aliphatic hydroxyl groups is 1. The van der Waals surface area contributed by atoms with E-state index >= 15 is 0 Å².